The highest BCUT2D eigenvalue weighted by Crippen LogP contribution is 2.47. The molecule has 344 valence electrons. The molecule has 6 aromatic carbocycles. The first kappa shape index (κ1) is 45.8. The molecule has 0 radical (unpaired) electrons. The Morgan fingerprint density at radius 2 is 1.00 bits per heavy atom. The van der Waals surface area contributed by atoms with Crippen LogP contribution in [0.25, 0.3) is 11.2 Å². The largest absolute Gasteiger partial charge is 0.387 e. The molecule has 8 aromatic rings. The van der Waals surface area contributed by atoms with Crippen LogP contribution in [-0.2, 0) is 35.0 Å². The van der Waals surface area contributed by atoms with Crippen LogP contribution in [0.4, 0.5) is 11.8 Å². The predicted molar refractivity (Wildman–Crippen MR) is 261 cm³/mol. The van der Waals surface area contributed by atoms with E-state index < -0.39 is 41.7 Å². The van der Waals surface area contributed by atoms with E-state index >= 15 is 0 Å². The first-order chi connectivity index (χ1) is 33.1. The fourth-order valence-corrected chi connectivity index (χ4v) is 8.87. The molecule has 3 N–H and O–H groups in total. The Balaban J connectivity index is 1.22. The van der Waals surface area contributed by atoms with Crippen molar-refractivity contribution in [2.24, 2.45) is 11.8 Å². The number of amides is 2. The van der Waals surface area contributed by atoms with Crippen molar-refractivity contribution < 1.29 is 28.9 Å². The number of hydrogen-bond acceptors (Lipinski definition) is 9. The lowest BCUT2D eigenvalue weighted by atomic mass is 9.79. The van der Waals surface area contributed by atoms with Gasteiger partial charge in [-0.15, -0.1) is 0 Å². The third-order valence-electron chi connectivity index (χ3n) is 12.4. The number of aliphatic hydroxyl groups is 1. The van der Waals surface area contributed by atoms with Gasteiger partial charge in [-0.05, 0) is 33.4 Å². The van der Waals surface area contributed by atoms with Crippen molar-refractivity contribution in [2.45, 2.75) is 63.4 Å². The molecule has 12 heteroatoms. The van der Waals surface area contributed by atoms with Crippen molar-refractivity contribution >= 4 is 34.7 Å². The van der Waals surface area contributed by atoms with Crippen molar-refractivity contribution in [1.29, 1.82) is 0 Å². The van der Waals surface area contributed by atoms with Crippen molar-refractivity contribution in [3.05, 3.63) is 222 Å². The number of anilines is 2. The van der Waals surface area contributed by atoms with Crippen molar-refractivity contribution in [2.75, 3.05) is 17.2 Å². The van der Waals surface area contributed by atoms with E-state index in [0.29, 0.717) is 0 Å². The van der Waals surface area contributed by atoms with Gasteiger partial charge in [0.05, 0.1) is 12.9 Å². The van der Waals surface area contributed by atoms with E-state index in [0.717, 1.165) is 33.4 Å². The molecule has 1 aliphatic rings. The van der Waals surface area contributed by atoms with Crippen LogP contribution in [0.15, 0.2) is 188 Å². The van der Waals surface area contributed by atoms with Crippen LogP contribution in [0.1, 0.15) is 67.3 Å². The van der Waals surface area contributed by atoms with Crippen LogP contribution < -0.4 is 10.6 Å². The predicted octanol–water partition coefficient (Wildman–Crippen LogP) is 9.66. The Morgan fingerprint density at radius 1 is 0.603 bits per heavy atom. The Kier molecular flexibility index (Phi) is 13.4. The van der Waals surface area contributed by atoms with E-state index in [9.17, 15) is 14.7 Å². The normalized spacial score (nSPS) is 17.4. The summed E-state index contributed by atoms with van der Waals surface area (Å²) in [5.74, 6) is -1.34. The van der Waals surface area contributed by atoms with E-state index in [1.165, 1.54) is 6.33 Å². The molecule has 9 rings (SSSR count). The highest BCUT2D eigenvalue weighted by molar-refractivity contribution is 5.99. The van der Waals surface area contributed by atoms with Gasteiger partial charge in [0.1, 0.15) is 29.5 Å². The van der Waals surface area contributed by atoms with Gasteiger partial charge < -0.3 is 24.6 Å². The molecule has 0 bridgehead atoms. The highest BCUT2D eigenvalue weighted by atomic mass is 16.6. The third kappa shape index (κ3) is 8.82. The number of ether oxygens (including phenoxy) is 3. The second-order valence-corrected chi connectivity index (χ2v) is 17.5. The molecule has 0 unspecified atom stereocenters. The SMILES string of the molecule is CC(C)C(=O)Nc1nc(NC(=O)C(C)C)c2ncn([C@@H]3O[C@H](COC(c4ccccc4)(c4ccccc4)c4ccccc4)[C@@H](O)[C@H]3OC(c3ccccc3)(c3ccccc3)c3ccccc3)c2n1. The molecular weight excluding hydrogens is 853 g/mol. The maximum absolute atomic E-state index is 13.2. The van der Waals surface area contributed by atoms with Crippen LogP contribution in [-0.4, -0.2) is 61.4 Å². The molecule has 2 aromatic heterocycles. The monoisotopic (exact) mass is 906 g/mol. The summed E-state index contributed by atoms with van der Waals surface area (Å²) in [4.78, 5) is 40.5. The minimum absolute atomic E-state index is 0.0431. The molecule has 0 aliphatic carbocycles. The highest BCUT2D eigenvalue weighted by Gasteiger charge is 2.53. The Morgan fingerprint density at radius 3 is 1.41 bits per heavy atom. The lowest BCUT2D eigenvalue weighted by molar-refractivity contribution is -0.122. The summed E-state index contributed by atoms with van der Waals surface area (Å²) in [5.41, 5.74) is 3.13. The average molecular weight is 907 g/mol. The Bertz CT molecular complexity index is 2750. The summed E-state index contributed by atoms with van der Waals surface area (Å²) in [7, 11) is 0. The second-order valence-electron chi connectivity index (χ2n) is 17.5. The van der Waals surface area contributed by atoms with Gasteiger partial charge in [-0.25, -0.2) is 4.98 Å². The van der Waals surface area contributed by atoms with Crippen molar-refractivity contribution in [1.82, 2.24) is 19.5 Å². The number of carbonyl (C=O) groups excluding carboxylic acids is 2. The Hall–Kier alpha value is -7.35. The van der Waals surface area contributed by atoms with Gasteiger partial charge in [0.2, 0.25) is 17.8 Å². The molecule has 2 amide bonds. The van der Waals surface area contributed by atoms with Gasteiger partial charge in [-0.3, -0.25) is 19.5 Å². The van der Waals surface area contributed by atoms with Crippen LogP contribution >= 0.6 is 0 Å². The van der Waals surface area contributed by atoms with E-state index in [2.05, 4.69) is 15.6 Å². The molecule has 12 nitrogen and oxygen atoms in total. The third-order valence-corrected chi connectivity index (χ3v) is 12.4. The molecule has 1 saturated heterocycles. The Labute approximate surface area is 396 Å². The first-order valence-corrected chi connectivity index (χ1v) is 22.9. The minimum Gasteiger partial charge on any atom is -0.387 e. The number of rotatable bonds is 16. The minimum atomic E-state index is -1.32. The van der Waals surface area contributed by atoms with Gasteiger partial charge in [0.25, 0.3) is 0 Å². The molecule has 0 spiro atoms. The fourth-order valence-electron chi connectivity index (χ4n) is 8.87. The number of carbonyl (C=O) groups is 2. The standard InChI is InChI=1S/C56H54N6O6/c1-37(2)51(64)58-49-46-50(60-54(59-49)61-52(65)38(3)4)62(36-57-46)53-48(68-56(42-29-17-8-18-30-42,43-31-19-9-20-32-43)44-33-21-10-22-34-44)47(63)45(67-53)35-66-55(39-23-11-5-12-24-39,40-25-13-6-14-26-40)41-27-15-7-16-28-41/h5-34,36-38,45,47-48,53,63H,35H2,1-4H3,(H2,58,59,60,61,64,65)/t45-,47-,48-,53-/m1/s1. The molecule has 68 heavy (non-hydrogen) atoms. The van der Waals surface area contributed by atoms with Gasteiger partial charge in [0, 0.05) is 11.8 Å². The van der Waals surface area contributed by atoms with Crippen LogP contribution in [0.2, 0.25) is 0 Å². The number of nitrogens with one attached hydrogen (secondary N) is 2. The summed E-state index contributed by atoms with van der Waals surface area (Å²) >= 11 is 0. The lowest BCUT2D eigenvalue weighted by Crippen LogP contribution is -2.45. The number of imidazole rings is 1. The molecule has 1 aliphatic heterocycles. The molecule has 4 atom stereocenters. The molecule has 3 heterocycles. The zero-order valence-corrected chi connectivity index (χ0v) is 38.3. The van der Waals surface area contributed by atoms with E-state index in [-0.39, 0.29) is 47.3 Å². The topological polar surface area (TPSA) is 150 Å². The summed E-state index contributed by atoms with van der Waals surface area (Å²) in [6.07, 6.45) is -3.04. The van der Waals surface area contributed by atoms with Gasteiger partial charge in [0.15, 0.2) is 23.2 Å². The summed E-state index contributed by atoms with van der Waals surface area (Å²) in [6, 6.07) is 59.8. The number of nitrogens with zero attached hydrogens (tertiary/aromatic N) is 4. The zero-order chi connectivity index (χ0) is 47.3. The van der Waals surface area contributed by atoms with Crippen LogP contribution in [0, 0.1) is 11.8 Å². The van der Waals surface area contributed by atoms with Gasteiger partial charge in [-0.1, -0.05) is 210 Å². The lowest BCUT2D eigenvalue weighted by Gasteiger charge is -2.40. The fraction of sp³-hybridized carbons (Fsp3) is 0.232. The quantitative estimate of drug-likeness (QED) is 0.0806. The molecule has 0 saturated carbocycles. The summed E-state index contributed by atoms with van der Waals surface area (Å²) in [5, 5.41) is 18.8. The van der Waals surface area contributed by atoms with E-state index in [1.807, 2.05) is 182 Å². The van der Waals surface area contributed by atoms with Crippen molar-refractivity contribution in [3.8, 4) is 0 Å². The number of aliphatic hydroxyl groups excluding tert-OH is 1. The summed E-state index contributed by atoms with van der Waals surface area (Å²) in [6.45, 7) is 6.96. The number of fused-ring (bicyclic) bond motifs is 1. The smallest absolute Gasteiger partial charge is 0.233 e. The van der Waals surface area contributed by atoms with Crippen molar-refractivity contribution in [3.63, 3.8) is 0 Å². The molecular formula is C56H54N6O6. The maximum Gasteiger partial charge on any atom is 0.233 e. The first-order valence-electron chi connectivity index (χ1n) is 22.9. The number of benzene rings is 6. The summed E-state index contributed by atoms with van der Waals surface area (Å²) < 4.78 is 23.7. The maximum atomic E-state index is 13.2. The van der Waals surface area contributed by atoms with E-state index in [1.54, 1.807) is 32.3 Å². The van der Waals surface area contributed by atoms with Crippen LogP contribution in [0.5, 0.6) is 0 Å². The van der Waals surface area contributed by atoms with Crippen LogP contribution in [0.3, 0.4) is 0 Å². The average Bonchev–Trinajstić information content (AvgIpc) is 3.94. The zero-order valence-electron chi connectivity index (χ0n) is 38.3. The van der Waals surface area contributed by atoms with E-state index in [4.69, 9.17) is 24.2 Å². The van der Waals surface area contributed by atoms with Gasteiger partial charge in [-0.2, -0.15) is 9.97 Å². The van der Waals surface area contributed by atoms with Gasteiger partial charge >= 0.3 is 0 Å². The number of hydrogen-bond donors (Lipinski definition) is 3. The second kappa shape index (κ2) is 19.9. The number of aromatic nitrogens is 4. The molecule has 1 fully saturated rings.